The summed E-state index contributed by atoms with van der Waals surface area (Å²) in [6, 6.07) is 11.9. The number of likely N-dealkylation sites (tertiary alicyclic amines) is 1. The number of anilines is 3. The predicted molar refractivity (Wildman–Crippen MR) is 137 cm³/mol. The van der Waals surface area contributed by atoms with Gasteiger partial charge in [0.05, 0.1) is 6.33 Å². The molecule has 4 heterocycles. The second-order valence-corrected chi connectivity index (χ2v) is 9.31. The summed E-state index contributed by atoms with van der Waals surface area (Å²) >= 11 is 0. The summed E-state index contributed by atoms with van der Waals surface area (Å²) in [4.78, 5) is 32.4. The predicted octanol–water partition coefficient (Wildman–Crippen LogP) is 2.75. The number of hydrogen-bond acceptors (Lipinski definition) is 7. The molecule has 0 bridgehead atoms. The maximum atomic E-state index is 12.6. The average molecular weight is 489 g/mol. The Morgan fingerprint density at radius 1 is 1.03 bits per heavy atom. The molecule has 188 valence electrons. The third-order valence-electron chi connectivity index (χ3n) is 6.86. The van der Waals surface area contributed by atoms with Gasteiger partial charge in [0.1, 0.15) is 0 Å². The first-order chi connectivity index (χ1) is 17.7. The van der Waals surface area contributed by atoms with E-state index in [-0.39, 0.29) is 17.7 Å². The lowest BCUT2D eigenvalue weighted by Gasteiger charge is -2.31. The van der Waals surface area contributed by atoms with Crippen LogP contribution in [0.5, 0.6) is 0 Å². The molecular formula is C26H32N8O2. The molecule has 0 saturated carbocycles. The molecule has 36 heavy (non-hydrogen) atoms. The van der Waals surface area contributed by atoms with E-state index in [4.69, 9.17) is 0 Å². The Bertz CT molecular complexity index is 1140. The van der Waals surface area contributed by atoms with Crippen molar-refractivity contribution < 1.29 is 9.59 Å². The lowest BCUT2D eigenvalue weighted by molar-refractivity contribution is -0.127. The third kappa shape index (κ3) is 5.81. The van der Waals surface area contributed by atoms with Crippen molar-refractivity contribution in [3.05, 3.63) is 55.1 Å². The Hall–Kier alpha value is -3.95. The van der Waals surface area contributed by atoms with Gasteiger partial charge in [-0.2, -0.15) is 0 Å². The molecule has 2 saturated heterocycles. The van der Waals surface area contributed by atoms with E-state index in [9.17, 15) is 9.59 Å². The van der Waals surface area contributed by atoms with Gasteiger partial charge < -0.3 is 25.0 Å². The van der Waals surface area contributed by atoms with Crippen LogP contribution in [0.1, 0.15) is 32.1 Å². The lowest BCUT2D eigenvalue weighted by Crippen LogP contribution is -2.41. The van der Waals surface area contributed by atoms with E-state index in [0.29, 0.717) is 18.8 Å². The van der Waals surface area contributed by atoms with Gasteiger partial charge in [-0.05, 0) is 62.1 Å². The maximum Gasteiger partial charge on any atom is 0.223 e. The topological polar surface area (TPSA) is 108 Å². The summed E-state index contributed by atoms with van der Waals surface area (Å²) in [5.74, 6) is 1.88. The molecule has 1 aromatic carbocycles. The van der Waals surface area contributed by atoms with Gasteiger partial charge >= 0.3 is 0 Å². The quantitative estimate of drug-likeness (QED) is 0.446. The van der Waals surface area contributed by atoms with E-state index in [1.54, 1.807) is 12.5 Å². The second kappa shape index (κ2) is 11.2. The van der Waals surface area contributed by atoms with Gasteiger partial charge in [-0.1, -0.05) is 0 Å². The van der Waals surface area contributed by atoms with Crippen LogP contribution < -0.4 is 15.5 Å². The van der Waals surface area contributed by atoms with Crippen molar-refractivity contribution in [2.24, 2.45) is 5.92 Å². The minimum Gasteiger partial charge on any atom is -0.356 e. The molecule has 2 aliphatic rings. The maximum absolute atomic E-state index is 12.6. The van der Waals surface area contributed by atoms with Crippen molar-refractivity contribution >= 4 is 29.1 Å². The standard InChI is InChI=1S/C26H32N8O2/c35-25-3-1-14-33(25)15-2-12-28-26(36)20-10-16-32(17-11-20)24-9-8-23(30-31-24)29-21-4-6-22(7-5-21)34-18-13-27-19-34/h4-9,13,18-20H,1-3,10-12,14-17H2,(H,28,36)(H,29,30). The van der Waals surface area contributed by atoms with Crippen LogP contribution in [-0.2, 0) is 9.59 Å². The number of carbonyl (C=O) groups is 2. The number of piperidine rings is 1. The van der Waals surface area contributed by atoms with Gasteiger partial charge in [-0.15, -0.1) is 10.2 Å². The second-order valence-electron chi connectivity index (χ2n) is 9.31. The SMILES string of the molecule is O=C(NCCCN1CCCC1=O)C1CCN(c2ccc(Nc3ccc(-n4ccnc4)cc3)nn2)CC1. The Balaban J connectivity index is 1.04. The molecule has 0 radical (unpaired) electrons. The summed E-state index contributed by atoms with van der Waals surface area (Å²) in [7, 11) is 0. The molecule has 3 aromatic rings. The van der Waals surface area contributed by atoms with E-state index in [1.165, 1.54) is 0 Å². The minimum absolute atomic E-state index is 0.0221. The van der Waals surface area contributed by atoms with Crippen molar-refractivity contribution in [3.63, 3.8) is 0 Å². The highest BCUT2D eigenvalue weighted by molar-refractivity contribution is 5.79. The molecule has 2 amide bonds. The number of carbonyl (C=O) groups excluding carboxylic acids is 2. The van der Waals surface area contributed by atoms with Crippen molar-refractivity contribution in [2.75, 3.05) is 42.9 Å². The largest absolute Gasteiger partial charge is 0.356 e. The molecule has 5 rings (SSSR count). The first kappa shape index (κ1) is 23.8. The molecule has 2 aliphatic heterocycles. The zero-order valence-corrected chi connectivity index (χ0v) is 20.3. The number of rotatable bonds is 9. The Labute approximate surface area is 210 Å². The van der Waals surface area contributed by atoms with Crippen LogP contribution in [0, 0.1) is 5.92 Å². The summed E-state index contributed by atoms with van der Waals surface area (Å²) in [6.45, 7) is 3.76. The summed E-state index contributed by atoms with van der Waals surface area (Å²) in [6.07, 6.45) is 9.43. The van der Waals surface area contributed by atoms with E-state index in [0.717, 1.165) is 69.1 Å². The van der Waals surface area contributed by atoms with Crippen LogP contribution in [0.25, 0.3) is 5.69 Å². The monoisotopic (exact) mass is 488 g/mol. The molecule has 2 fully saturated rings. The zero-order valence-electron chi connectivity index (χ0n) is 20.3. The minimum atomic E-state index is 0.0221. The van der Waals surface area contributed by atoms with Gasteiger partial charge in [-0.25, -0.2) is 4.98 Å². The highest BCUT2D eigenvalue weighted by Gasteiger charge is 2.26. The Morgan fingerprint density at radius 2 is 1.86 bits per heavy atom. The van der Waals surface area contributed by atoms with Crippen molar-refractivity contribution in [3.8, 4) is 5.69 Å². The fourth-order valence-corrected chi connectivity index (χ4v) is 4.77. The molecule has 2 aromatic heterocycles. The van der Waals surface area contributed by atoms with Crippen LogP contribution >= 0.6 is 0 Å². The fourth-order valence-electron chi connectivity index (χ4n) is 4.77. The smallest absolute Gasteiger partial charge is 0.223 e. The van der Waals surface area contributed by atoms with E-state index in [1.807, 2.05) is 52.1 Å². The molecule has 10 heteroatoms. The number of imidazole rings is 1. The van der Waals surface area contributed by atoms with Crippen molar-refractivity contribution in [1.82, 2.24) is 30.0 Å². The van der Waals surface area contributed by atoms with Crippen LogP contribution in [-0.4, -0.2) is 69.2 Å². The number of hydrogen-bond donors (Lipinski definition) is 2. The van der Waals surface area contributed by atoms with Crippen molar-refractivity contribution in [1.29, 1.82) is 0 Å². The molecule has 0 spiro atoms. The first-order valence-electron chi connectivity index (χ1n) is 12.7. The molecule has 0 atom stereocenters. The number of amides is 2. The van der Waals surface area contributed by atoms with Crippen LogP contribution in [0.2, 0.25) is 0 Å². The first-order valence-corrected chi connectivity index (χ1v) is 12.7. The zero-order chi connectivity index (χ0) is 24.7. The highest BCUT2D eigenvalue weighted by Crippen LogP contribution is 2.23. The average Bonchev–Trinajstić information content (AvgIpc) is 3.60. The summed E-state index contributed by atoms with van der Waals surface area (Å²) < 4.78 is 1.95. The number of aromatic nitrogens is 4. The molecule has 10 nitrogen and oxygen atoms in total. The van der Waals surface area contributed by atoms with E-state index >= 15 is 0 Å². The summed E-state index contributed by atoms with van der Waals surface area (Å²) in [5, 5.41) is 15.1. The summed E-state index contributed by atoms with van der Waals surface area (Å²) in [5.41, 5.74) is 1.97. The highest BCUT2D eigenvalue weighted by atomic mass is 16.2. The lowest BCUT2D eigenvalue weighted by atomic mass is 9.96. The molecule has 2 N–H and O–H groups in total. The Kier molecular flexibility index (Phi) is 7.39. The number of nitrogens with one attached hydrogen (secondary N) is 2. The number of nitrogens with zero attached hydrogens (tertiary/aromatic N) is 6. The Morgan fingerprint density at radius 3 is 2.53 bits per heavy atom. The van der Waals surface area contributed by atoms with Crippen LogP contribution in [0.15, 0.2) is 55.1 Å². The van der Waals surface area contributed by atoms with Gasteiger partial charge in [0.25, 0.3) is 0 Å². The van der Waals surface area contributed by atoms with Gasteiger partial charge in [0.2, 0.25) is 11.8 Å². The normalized spacial score (nSPS) is 16.4. The van der Waals surface area contributed by atoms with Crippen molar-refractivity contribution in [2.45, 2.75) is 32.1 Å². The van der Waals surface area contributed by atoms with Crippen LogP contribution in [0.4, 0.5) is 17.3 Å². The van der Waals surface area contributed by atoms with Gasteiger partial charge in [0.15, 0.2) is 11.6 Å². The van der Waals surface area contributed by atoms with Gasteiger partial charge in [0, 0.05) is 68.8 Å². The van der Waals surface area contributed by atoms with Gasteiger partial charge in [-0.3, -0.25) is 9.59 Å². The van der Waals surface area contributed by atoms with Crippen LogP contribution in [0.3, 0.4) is 0 Å². The molecule has 0 aliphatic carbocycles. The fraction of sp³-hybridized carbons (Fsp3) is 0.423. The molecular weight excluding hydrogens is 456 g/mol. The third-order valence-corrected chi connectivity index (χ3v) is 6.86. The molecule has 0 unspecified atom stereocenters. The number of benzene rings is 1. The van der Waals surface area contributed by atoms with E-state index < -0.39 is 0 Å². The van der Waals surface area contributed by atoms with E-state index in [2.05, 4.69) is 30.7 Å².